The van der Waals surface area contributed by atoms with E-state index in [1.54, 1.807) is 0 Å². The number of pyridine rings is 1. The highest BCUT2D eigenvalue weighted by Crippen LogP contribution is 2.37. The quantitative estimate of drug-likeness (QED) is 0.521. The zero-order chi connectivity index (χ0) is 15.7. The summed E-state index contributed by atoms with van der Waals surface area (Å²) in [6.07, 6.45) is -8.81. The normalized spacial score (nSPS) is 11.5. The summed E-state index contributed by atoms with van der Waals surface area (Å²) in [7, 11) is 0. The predicted octanol–water partition coefficient (Wildman–Crippen LogP) is 2.52. The minimum atomic E-state index is -5.40. The molecule has 0 aliphatic heterocycles. The van der Waals surface area contributed by atoms with Crippen molar-refractivity contribution in [2.45, 2.75) is 12.8 Å². The van der Waals surface area contributed by atoms with Gasteiger partial charge >= 0.3 is 23.9 Å². The lowest BCUT2D eigenvalue weighted by Gasteiger charge is -2.11. The number of aromatic nitrogens is 1. The first kappa shape index (κ1) is 15.5. The Kier molecular flexibility index (Phi) is 4.06. The van der Waals surface area contributed by atoms with Crippen LogP contribution in [0.4, 0.5) is 27.6 Å². The predicted molar refractivity (Wildman–Crippen MR) is 49.5 cm³/mol. The van der Waals surface area contributed by atoms with Crippen molar-refractivity contribution in [3.05, 3.63) is 27.4 Å². The van der Waals surface area contributed by atoms with Crippen LogP contribution in [-0.4, -0.2) is 27.3 Å². The molecule has 0 aliphatic carbocycles. The molecule has 1 aromatic heterocycles. The van der Waals surface area contributed by atoms with Crippen molar-refractivity contribution < 1.29 is 41.5 Å². The van der Waals surface area contributed by atoms with Gasteiger partial charge < -0.3 is 9.84 Å². The number of nitrogens with zero attached hydrogens (tertiary/aromatic N) is 2. The van der Waals surface area contributed by atoms with E-state index in [2.05, 4.69) is 9.72 Å². The van der Waals surface area contributed by atoms with Gasteiger partial charge in [0.1, 0.15) is 0 Å². The van der Waals surface area contributed by atoms with Crippen LogP contribution in [0.15, 0.2) is 6.20 Å². The van der Waals surface area contributed by atoms with Crippen LogP contribution >= 0.6 is 0 Å². The Hall–Kier alpha value is -2.53. The number of nitro groups is 1. The SMILES string of the molecule is O=C(O)c1c(C(F)F)cnc(OC(F)(F)F)c1[N+](=O)[O-]. The van der Waals surface area contributed by atoms with E-state index in [0.717, 1.165) is 0 Å². The first-order chi connectivity index (χ1) is 9.04. The number of ether oxygens (including phenoxy) is 1. The zero-order valence-electron chi connectivity index (χ0n) is 9.02. The molecule has 110 valence electrons. The summed E-state index contributed by atoms with van der Waals surface area (Å²) in [6, 6.07) is 0. The van der Waals surface area contributed by atoms with Crippen LogP contribution in [0.1, 0.15) is 22.3 Å². The number of aromatic carboxylic acids is 1. The van der Waals surface area contributed by atoms with E-state index in [-0.39, 0.29) is 6.20 Å². The Morgan fingerprint density at radius 2 is 2.00 bits per heavy atom. The van der Waals surface area contributed by atoms with Gasteiger partial charge in [0, 0.05) is 6.20 Å². The van der Waals surface area contributed by atoms with E-state index in [1.807, 2.05) is 0 Å². The number of alkyl halides is 5. The van der Waals surface area contributed by atoms with Gasteiger partial charge in [0.05, 0.1) is 10.5 Å². The first-order valence-corrected chi connectivity index (χ1v) is 4.49. The molecule has 1 N–H and O–H groups in total. The molecule has 0 unspecified atom stereocenters. The summed E-state index contributed by atoms with van der Waals surface area (Å²) in [6.45, 7) is 0. The molecular weight excluding hydrogens is 299 g/mol. The van der Waals surface area contributed by atoms with Crippen molar-refractivity contribution >= 4 is 11.7 Å². The monoisotopic (exact) mass is 302 g/mol. The van der Waals surface area contributed by atoms with Crippen LogP contribution in [0.5, 0.6) is 5.88 Å². The van der Waals surface area contributed by atoms with Gasteiger partial charge in [0.2, 0.25) is 0 Å². The van der Waals surface area contributed by atoms with Crippen LogP contribution in [0.2, 0.25) is 0 Å². The Morgan fingerprint density at radius 1 is 1.45 bits per heavy atom. The third kappa shape index (κ3) is 3.27. The maximum absolute atomic E-state index is 12.5. The third-order valence-electron chi connectivity index (χ3n) is 1.89. The maximum Gasteiger partial charge on any atom is 0.574 e. The standard InChI is InChI=1S/C8H3F5N2O5/c9-5(10)2-1-14-6(20-8(11,12)13)4(15(18)19)3(2)7(16)17/h1,5H,(H,16,17). The van der Waals surface area contributed by atoms with Crippen molar-refractivity contribution in [2.24, 2.45) is 0 Å². The van der Waals surface area contributed by atoms with Crippen molar-refractivity contribution in [3.63, 3.8) is 0 Å². The number of hydrogen-bond acceptors (Lipinski definition) is 5. The Bertz CT molecular complexity index is 559. The second-order valence-corrected chi connectivity index (χ2v) is 3.15. The van der Waals surface area contributed by atoms with E-state index >= 15 is 0 Å². The van der Waals surface area contributed by atoms with Gasteiger partial charge in [-0.05, 0) is 0 Å². The van der Waals surface area contributed by atoms with E-state index < -0.39 is 46.4 Å². The van der Waals surface area contributed by atoms with Gasteiger partial charge in [-0.2, -0.15) is 0 Å². The minimum Gasteiger partial charge on any atom is -0.477 e. The number of carboxylic acid groups (broad SMARTS) is 1. The second kappa shape index (κ2) is 5.22. The molecule has 0 bridgehead atoms. The summed E-state index contributed by atoms with van der Waals surface area (Å²) in [4.78, 5) is 22.5. The Balaban J connectivity index is 3.61. The zero-order valence-corrected chi connectivity index (χ0v) is 9.02. The third-order valence-corrected chi connectivity index (χ3v) is 1.89. The molecule has 0 radical (unpaired) electrons. The Morgan fingerprint density at radius 3 is 2.35 bits per heavy atom. The van der Waals surface area contributed by atoms with Gasteiger partial charge in [-0.1, -0.05) is 0 Å². The molecule has 0 saturated heterocycles. The average Bonchev–Trinajstić information content (AvgIpc) is 2.24. The summed E-state index contributed by atoms with van der Waals surface area (Å²) in [5, 5.41) is 19.3. The van der Waals surface area contributed by atoms with Crippen LogP contribution in [0, 0.1) is 10.1 Å². The molecular formula is C8H3F5N2O5. The summed E-state index contributed by atoms with van der Waals surface area (Å²) < 4.78 is 64.2. The fourth-order valence-corrected chi connectivity index (χ4v) is 1.24. The van der Waals surface area contributed by atoms with E-state index in [9.17, 15) is 36.9 Å². The molecule has 0 amide bonds. The summed E-state index contributed by atoms with van der Waals surface area (Å²) >= 11 is 0. The highest BCUT2D eigenvalue weighted by atomic mass is 19.4. The highest BCUT2D eigenvalue weighted by Gasteiger charge is 2.40. The summed E-state index contributed by atoms with van der Waals surface area (Å²) in [5.74, 6) is -3.94. The molecule has 1 heterocycles. The molecule has 0 aliphatic rings. The Labute approximate surface area is 105 Å². The van der Waals surface area contributed by atoms with Crippen LogP contribution in [0.25, 0.3) is 0 Å². The molecule has 0 aromatic carbocycles. The van der Waals surface area contributed by atoms with Gasteiger partial charge in [-0.3, -0.25) is 10.1 Å². The number of halogens is 5. The molecule has 20 heavy (non-hydrogen) atoms. The smallest absolute Gasteiger partial charge is 0.477 e. The lowest BCUT2D eigenvalue weighted by molar-refractivity contribution is -0.389. The lowest BCUT2D eigenvalue weighted by atomic mass is 10.1. The summed E-state index contributed by atoms with van der Waals surface area (Å²) in [5.41, 5.74) is -4.80. The average molecular weight is 302 g/mol. The number of carbonyl (C=O) groups is 1. The molecule has 1 aromatic rings. The molecule has 0 spiro atoms. The van der Waals surface area contributed by atoms with E-state index in [1.165, 1.54) is 0 Å². The van der Waals surface area contributed by atoms with Crippen LogP contribution in [-0.2, 0) is 0 Å². The largest absolute Gasteiger partial charge is 0.574 e. The fourth-order valence-electron chi connectivity index (χ4n) is 1.24. The van der Waals surface area contributed by atoms with Crippen LogP contribution < -0.4 is 4.74 Å². The van der Waals surface area contributed by atoms with Crippen molar-refractivity contribution in [2.75, 3.05) is 0 Å². The highest BCUT2D eigenvalue weighted by molar-refractivity contribution is 5.95. The van der Waals surface area contributed by atoms with Gasteiger partial charge in [-0.15, -0.1) is 13.2 Å². The molecule has 12 heteroatoms. The van der Waals surface area contributed by atoms with Crippen molar-refractivity contribution in [1.29, 1.82) is 0 Å². The van der Waals surface area contributed by atoms with E-state index in [4.69, 9.17) is 5.11 Å². The number of carboxylic acids is 1. The lowest BCUT2D eigenvalue weighted by Crippen LogP contribution is -2.20. The maximum atomic E-state index is 12.5. The van der Waals surface area contributed by atoms with Crippen molar-refractivity contribution in [3.8, 4) is 5.88 Å². The minimum absolute atomic E-state index is 0.0716. The first-order valence-electron chi connectivity index (χ1n) is 4.49. The van der Waals surface area contributed by atoms with Gasteiger partial charge in [0.15, 0.2) is 5.56 Å². The van der Waals surface area contributed by atoms with Crippen molar-refractivity contribution in [1.82, 2.24) is 4.98 Å². The number of rotatable bonds is 4. The number of hydrogen-bond donors (Lipinski definition) is 1. The van der Waals surface area contributed by atoms with Gasteiger partial charge in [0.25, 0.3) is 6.43 Å². The van der Waals surface area contributed by atoms with E-state index in [0.29, 0.717) is 0 Å². The van der Waals surface area contributed by atoms with Crippen LogP contribution in [0.3, 0.4) is 0 Å². The van der Waals surface area contributed by atoms with Gasteiger partial charge in [-0.25, -0.2) is 18.6 Å². The fraction of sp³-hybridized carbons (Fsp3) is 0.250. The molecule has 7 nitrogen and oxygen atoms in total. The molecule has 0 fully saturated rings. The molecule has 0 saturated carbocycles. The topological polar surface area (TPSA) is 103 Å². The second-order valence-electron chi connectivity index (χ2n) is 3.15. The molecule has 1 rings (SSSR count). The molecule has 0 atom stereocenters.